The molecular weight excluding hydrogens is 308 g/mol. The Morgan fingerprint density at radius 3 is 2.46 bits per heavy atom. The van der Waals surface area contributed by atoms with E-state index in [2.05, 4.69) is 5.32 Å². The van der Waals surface area contributed by atoms with E-state index in [1.165, 1.54) is 19.3 Å². The first-order valence-electron chi connectivity index (χ1n) is 8.68. The molecule has 1 heterocycles. The van der Waals surface area contributed by atoms with Crippen LogP contribution in [-0.2, 0) is 9.47 Å². The van der Waals surface area contributed by atoms with Gasteiger partial charge in [0.15, 0.2) is 0 Å². The Hall–Kier alpha value is -1.98. The van der Waals surface area contributed by atoms with Crippen LogP contribution in [0, 0.1) is 0 Å². The zero-order chi connectivity index (χ0) is 17.7. The normalized spacial score (nSPS) is 15.8. The number of anilines is 1. The summed E-state index contributed by atoms with van der Waals surface area (Å²) in [4.78, 5) is 24.3. The van der Waals surface area contributed by atoms with Crippen molar-refractivity contribution in [3.63, 3.8) is 0 Å². The Morgan fingerprint density at radius 1 is 1.21 bits per heavy atom. The van der Waals surface area contributed by atoms with Crippen molar-refractivity contribution in [3.8, 4) is 0 Å². The smallest absolute Gasteiger partial charge is 0.412 e. The summed E-state index contributed by atoms with van der Waals surface area (Å²) in [6.45, 7) is 7.44. The standard InChI is InChI=1S/C18H28N2O4/c1-5-23-16(21)14-11-20(13-9-7-6-8-10-13)12-15(14)19-17(22)24-18(2,3)4/h11-13H,5-10H2,1-4H3,(H,19,22). The van der Waals surface area contributed by atoms with Crippen LogP contribution in [0.15, 0.2) is 12.4 Å². The summed E-state index contributed by atoms with van der Waals surface area (Å²) < 4.78 is 12.4. The Labute approximate surface area is 143 Å². The van der Waals surface area contributed by atoms with Gasteiger partial charge in [-0.3, -0.25) is 5.32 Å². The molecule has 1 N–H and O–H groups in total. The number of nitrogens with one attached hydrogen (secondary N) is 1. The van der Waals surface area contributed by atoms with E-state index in [0.29, 0.717) is 23.9 Å². The molecule has 0 spiro atoms. The minimum Gasteiger partial charge on any atom is -0.462 e. The molecule has 1 amide bonds. The van der Waals surface area contributed by atoms with Crippen molar-refractivity contribution in [2.24, 2.45) is 0 Å². The average Bonchev–Trinajstić information content (AvgIpc) is 2.90. The first kappa shape index (κ1) is 18.4. The molecule has 1 saturated carbocycles. The number of esters is 1. The van der Waals surface area contributed by atoms with Gasteiger partial charge in [0.05, 0.1) is 12.3 Å². The first-order chi connectivity index (χ1) is 11.3. The fraction of sp³-hybridized carbons (Fsp3) is 0.667. The number of amides is 1. The van der Waals surface area contributed by atoms with Gasteiger partial charge in [0.25, 0.3) is 0 Å². The second-order valence-electron chi connectivity index (χ2n) is 7.17. The lowest BCUT2D eigenvalue weighted by Crippen LogP contribution is -2.27. The zero-order valence-electron chi connectivity index (χ0n) is 15.1. The second-order valence-corrected chi connectivity index (χ2v) is 7.17. The van der Waals surface area contributed by atoms with E-state index in [1.54, 1.807) is 33.9 Å². The summed E-state index contributed by atoms with van der Waals surface area (Å²) in [5.74, 6) is -0.432. The van der Waals surface area contributed by atoms with Crippen LogP contribution in [0.3, 0.4) is 0 Å². The van der Waals surface area contributed by atoms with E-state index in [1.807, 2.05) is 10.8 Å². The van der Waals surface area contributed by atoms with Gasteiger partial charge in [0.2, 0.25) is 0 Å². The summed E-state index contributed by atoms with van der Waals surface area (Å²) >= 11 is 0. The summed E-state index contributed by atoms with van der Waals surface area (Å²) in [5.41, 5.74) is 0.210. The molecule has 0 unspecified atom stereocenters. The Balaban J connectivity index is 2.21. The minimum atomic E-state index is -0.597. The van der Waals surface area contributed by atoms with E-state index >= 15 is 0 Å². The number of ether oxygens (including phenoxy) is 2. The highest BCUT2D eigenvalue weighted by atomic mass is 16.6. The van der Waals surface area contributed by atoms with E-state index < -0.39 is 17.7 Å². The molecule has 1 fully saturated rings. The van der Waals surface area contributed by atoms with Gasteiger partial charge in [-0.25, -0.2) is 9.59 Å². The van der Waals surface area contributed by atoms with Crippen molar-refractivity contribution in [1.82, 2.24) is 4.57 Å². The zero-order valence-corrected chi connectivity index (χ0v) is 15.1. The van der Waals surface area contributed by atoms with Gasteiger partial charge in [-0.2, -0.15) is 0 Å². The van der Waals surface area contributed by atoms with Gasteiger partial charge >= 0.3 is 12.1 Å². The Morgan fingerprint density at radius 2 is 1.88 bits per heavy atom. The second kappa shape index (κ2) is 7.73. The summed E-state index contributed by atoms with van der Waals surface area (Å²) in [6, 6.07) is 0.362. The molecule has 134 valence electrons. The molecule has 1 aliphatic rings. The van der Waals surface area contributed by atoms with E-state index in [0.717, 1.165) is 12.8 Å². The third-order valence-corrected chi connectivity index (χ3v) is 3.97. The SMILES string of the molecule is CCOC(=O)c1cn(C2CCCCC2)cc1NC(=O)OC(C)(C)C. The van der Waals surface area contributed by atoms with Gasteiger partial charge in [0, 0.05) is 18.4 Å². The lowest BCUT2D eigenvalue weighted by Gasteiger charge is -2.23. The molecule has 24 heavy (non-hydrogen) atoms. The van der Waals surface area contributed by atoms with Gasteiger partial charge in [-0.1, -0.05) is 19.3 Å². The van der Waals surface area contributed by atoms with Crippen molar-refractivity contribution in [3.05, 3.63) is 18.0 Å². The average molecular weight is 336 g/mol. The third kappa shape index (κ3) is 5.01. The molecule has 0 bridgehead atoms. The molecule has 0 aliphatic heterocycles. The van der Waals surface area contributed by atoms with Crippen LogP contribution in [0.4, 0.5) is 10.5 Å². The monoisotopic (exact) mass is 336 g/mol. The highest BCUT2D eigenvalue weighted by molar-refractivity contribution is 5.99. The maximum Gasteiger partial charge on any atom is 0.412 e. The van der Waals surface area contributed by atoms with Crippen LogP contribution in [0.5, 0.6) is 0 Å². The van der Waals surface area contributed by atoms with Crippen molar-refractivity contribution >= 4 is 17.7 Å². The topological polar surface area (TPSA) is 69.6 Å². The largest absolute Gasteiger partial charge is 0.462 e. The maximum atomic E-state index is 12.2. The number of hydrogen-bond donors (Lipinski definition) is 1. The van der Waals surface area contributed by atoms with Crippen LogP contribution in [0.25, 0.3) is 0 Å². The molecule has 6 heteroatoms. The summed E-state index contributed by atoms with van der Waals surface area (Å²) in [7, 11) is 0. The summed E-state index contributed by atoms with van der Waals surface area (Å²) in [6.07, 6.45) is 8.82. The van der Waals surface area contributed by atoms with Crippen LogP contribution in [-0.4, -0.2) is 28.8 Å². The highest BCUT2D eigenvalue weighted by Crippen LogP contribution is 2.31. The predicted octanol–water partition coefficient (Wildman–Crippen LogP) is 4.52. The maximum absolute atomic E-state index is 12.2. The van der Waals surface area contributed by atoms with Crippen molar-refractivity contribution in [2.75, 3.05) is 11.9 Å². The van der Waals surface area contributed by atoms with Crippen molar-refractivity contribution in [1.29, 1.82) is 0 Å². The van der Waals surface area contributed by atoms with Gasteiger partial charge in [-0.15, -0.1) is 0 Å². The first-order valence-corrected chi connectivity index (χ1v) is 8.68. The van der Waals surface area contributed by atoms with Crippen LogP contribution < -0.4 is 5.32 Å². The minimum absolute atomic E-state index is 0.291. The van der Waals surface area contributed by atoms with E-state index in [4.69, 9.17) is 9.47 Å². The number of rotatable bonds is 4. The van der Waals surface area contributed by atoms with Crippen LogP contribution in [0.2, 0.25) is 0 Å². The molecular formula is C18H28N2O4. The number of carbonyl (C=O) groups excluding carboxylic acids is 2. The van der Waals surface area contributed by atoms with Crippen LogP contribution >= 0.6 is 0 Å². The molecule has 1 aliphatic carbocycles. The molecule has 0 atom stereocenters. The molecule has 6 nitrogen and oxygen atoms in total. The Bertz CT molecular complexity index is 580. The number of nitrogens with zero attached hydrogens (tertiary/aromatic N) is 1. The quantitative estimate of drug-likeness (QED) is 0.821. The predicted molar refractivity (Wildman–Crippen MR) is 92.4 cm³/mol. The third-order valence-electron chi connectivity index (χ3n) is 3.97. The molecule has 0 aromatic carbocycles. The molecule has 2 rings (SSSR count). The van der Waals surface area contributed by atoms with Gasteiger partial charge in [0.1, 0.15) is 11.2 Å². The lowest BCUT2D eigenvalue weighted by atomic mass is 9.95. The van der Waals surface area contributed by atoms with Crippen LogP contribution in [0.1, 0.15) is 76.2 Å². The lowest BCUT2D eigenvalue weighted by molar-refractivity contribution is 0.0527. The van der Waals surface area contributed by atoms with Gasteiger partial charge in [-0.05, 0) is 40.5 Å². The highest BCUT2D eigenvalue weighted by Gasteiger charge is 2.24. The molecule has 0 radical (unpaired) electrons. The molecule has 0 saturated heterocycles. The van der Waals surface area contributed by atoms with Crippen molar-refractivity contribution < 1.29 is 19.1 Å². The van der Waals surface area contributed by atoms with Crippen molar-refractivity contribution in [2.45, 2.75) is 71.4 Å². The molecule has 1 aromatic heterocycles. The number of carbonyl (C=O) groups is 2. The fourth-order valence-electron chi connectivity index (χ4n) is 2.95. The summed E-state index contributed by atoms with van der Waals surface area (Å²) in [5, 5.41) is 2.68. The number of aromatic nitrogens is 1. The van der Waals surface area contributed by atoms with E-state index in [-0.39, 0.29) is 0 Å². The molecule has 1 aromatic rings. The Kier molecular flexibility index (Phi) is 5.91. The fourth-order valence-corrected chi connectivity index (χ4v) is 2.95. The number of hydrogen-bond acceptors (Lipinski definition) is 4. The van der Waals surface area contributed by atoms with Gasteiger partial charge < -0.3 is 14.0 Å². The van der Waals surface area contributed by atoms with E-state index in [9.17, 15) is 9.59 Å².